The largest absolute Gasteiger partial charge is 0.544 e. The summed E-state index contributed by atoms with van der Waals surface area (Å²) >= 11 is 0. The lowest BCUT2D eigenvalue weighted by Crippen LogP contribution is -2.56. The van der Waals surface area contributed by atoms with Crippen LogP contribution in [0.4, 0.5) is 0 Å². The van der Waals surface area contributed by atoms with Gasteiger partial charge in [-0.1, -0.05) is 72.2 Å². The summed E-state index contributed by atoms with van der Waals surface area (Å²) < 4.78 is 17.6. The van der Waals surface area contributed by atoms with Gasteiger partial charge in [0.05, 0.1) is 18.6 Å². The van der Waals surface area contributed by atoms with Crippen LogP contribution in [0.15, 0.2) is 35.9 Å². The van der Waals surface area contributed by atoms with Gasteiger partial charge < -0.3 is 29.9 Å². The van der Waals surface area contributed by atoms with Gasteiger partial charge in [0, 0.05) is 19.4 Å². The van der Waals surface area contributed by atoms with Crippen molar-refractivity contribution in [1.82, 2.24) is 10.2 Å². The molecule has 0 aliphatic rings. The van der Waals surface area contributed by atoms with Crippen molar-refractivity contribution < 1.29 is 33.1 Å². The van der Waals surface area contributed by atoms with Crippen LogP contribution in [0.25, 0.3) is 0 Å². The van der Waals surface area contributed by atoms with E-state index < -0.39 is 49.8 Å². The number of carbonyl (C=O) groups is 4. The Morgan fingerprint density at radius 2 is 1.49 bits per heavy atom. The number of rotatable bonds is 16. The molecule has 0 heterocycles. The highest BCUT2D eigenvalue weighted by atomic mass is 28.4. The molecule has 0 aliphatic heterocycles. The van der Waals surface area contributed by atoms with Crippen molar-refractivity contribution in [3.63, 3.8) is 0 Å². The van der Waals surface area contributed by atoms with E-state index in [1.54, 1.807) is 14.0 Å². The Hall–Kier alpha value is -3.18. The van der Waals surface area contributed by atoms with E-state index >= 15 is 0 Å². The number of ether oxygens (including phenoxy) is 2. The fourth-order valence-corrected chi connectivity index (χ4v) is 5.90. The van der Waals surface area contributed by atoms with Crippen LogP contribution >= 0.6 is 0 Å². The van der Waals surface area contributed by atoms with E-state index in [4.69, 9.17) is 19.6 Å². The smallest absolute Gasteiger partial charge is 0.328 e. The molecule has 3 N–H and O–H groups in total. The molecule has 5 atom stereocenters. The third-order valence-electron chi connectivity index (χ3n) is 8.75. The predicted molar refractivity (Wildman–Crippen MR) is 198 cm³/mol. The first kappa shape index (κ1) is 43.8. The van der Waals surface area contributed by atoms with Crippen LogP contribution in [-0.4, -0.2) is 74.4 Å². The second-order valence-corrected chi connectivity index (χ2v) is 21.2. The molecule has 0 unspecified atom stereocenters. The molecule has 1 aromatic carbocycles. The second kappa shape index (κ2) is 18.2. The lowest BCUT2D eigenvalue weighted by Gasteiger charge is -2.36. The van der Waals surface area contributed by atoms with Gasteiger partial charge >= 0.3 is 11.9 Å². The summed E-state index contributed by atoms with van der Waals surface area (Å²) in [6.07, 6.45) is 2.72. The molecule has 0 spiro atoms. The van der Waals surface area contributed by atoms with Crippen LogP contribution in [0.3, 0.4) is 0 Å². The third kappa shape index (κ3) is 14.7. The minimum absolute atomic E-state index is 0.0422. The zero-order valence-corrected chi connectivity index (χ0v) is 33.9. The van der Waals surface area contributed by atoms with Gasteiger partial charge in [-0.05, 0) is 82.8 Å². The number of likely N-dealkylation sites (N-methyl/N-ethyl adjacent to an activating group) is 1. The number of nitrogens with two attached hydrogens (primary N) is 1. The molecule has 1 rings (SSSR count). The van der Waals surface area contributed by atoms with E-state index in [2.05, 4.69) is 39.2 Å². The highest BCUT2D eigenvalue weighted by molar-refractivity contribution is 6.74. The van der Waals surface area contributed by atoms with Gasteiger partial charge in [-0.15, -0.1) is 0 Å². The zero-order chi connectivity index (χ0) is 38.1. The van der Waals surface area contributed by atoms with E-state index in [1.165, 1.54) is 4.90 Å². The summed E-state index contributed by atoms with van der Waals surface area (Å²) in [5.41, 5.74) is 7.17. The Morgan fingerprint density at radius 3 is 1.96 bits per heavy atom. The highest BCUT2D eigenvalue weighted by Crippen LogP contribution is 2.37. The number of nitrogens with one attached hydrogen (secondary N) is 1. The van der Waals surface area contributed by atoms with Crippen molar-refractivity contribution in [2.24, 2.45) is 23.5 Å². The average molecular weight is 704 g/mol. The number of carbonyl (C=O) groups excluding carboxylic acids is 4. The zero-order valence-electron chi connectivity index (χ0n) is 32.9. The molecule has 1 aromatic rings. The average Bonchev–Trinajstić information content (AvgIpc) is 2.95. The number of benzene rings is 1. The summed E-state index contributed by atoms with van der Waals surface area (Å²) in [5, 5.41) is 2.90. The highest BCUT2D eigenvalue weighted by Gasteiger charge is 2.39. The van der Waals surface area contributed by atoms with Crippen molar-refractivity contribution in [2.75, 3.05) is 13.7 Å². The molecule has 0 saturated heterocycles. The molecular weight excluding hydrogens is 639 g/mol. The Kier molecular flexibility index (Phi) is 16.3. The molecule has 0 aliphatic carbocycles. The van der Waals surface area contributed by atoms with Gasteiger partial charge in [-0.25, -0.2) is 4.79 Å². The number of hydrogen-bond donors (Lipinski definition) is 2. The van der Waals surface area contributed by atoms with Gasteiger partial charge in [0.2, 0.25) is 20.1 Å². The van der Waals surface area contributed by atoms with Gasteiger partial charge in [0.1, 0.15) is 23.4 Å². The summed E-state index contributed by atoms with van der Waals surface area (Å²) in [5.74, 6) is -1.63. The summed E-state index contributed by atoms with van der Waals surface area (Å²) in [7, 11) is -0.485. The molecule has 0 radical (unpaired) electrons. The first-order chi connectivity index (χ1) is 22.3. The molecule has 0 bridgehead atoms. The maximum atomic E-state index is 13.8. The van der Waals surface area contributed by atoms with Crippen LogP contribution < -0.4 is 15.5 Å². The molecule has 278 valence electrons. The minimum atomic E-state index is -2.03. The van der Waals surface area contributed by atoms with Gasteiger partial charge in [0.25, 0.3) is 0 Å². The first-order valence-electron chi connectivity index (χ1n) is 17.4. The molecule has 0 saturated carbocycles. The lowest BCUT2D eigenvalue weighted by molar-refractivity contribution is -0.159. The minimum Gasteiger partial charge on any atom is -0.544 e. The maximum absolute atomic E-state index is 13.8. The molecule has 0 fully saturated rings. The van der Waals surface area contributed by atoms with Gasteiger partial charge in [0.15, 0.2) is 0 Å². The van der Waals surface area contributed by atoms with Crippen LogP contribution in [0.5, 0.6) is 5.75 Å². The van der Waals surface area contributed by atoms with E-state index in [1.807, 2.05) is 85.7 Å². The monoisotopic (exact) mass is 703 g/mol. The Morgan fingerprint density at radius 1 is 0.939 bits per heavy atom. The molecule has 49 heavy (non-hydrogen) atoms. The van der Waals surface area contributed by atoms with Crippen LogP contribution in [0.1, 0.15) is 95.1 Å². The topological polar surface area (TPSA) is 137 Å². The van der Waals surface area contributed by atoms with E-state index in [9.17, 15) is 19.2 Å². The van der Waals surface area contributed by atoms with Gasteiger partial charge in [-0.2, -0.15) is 0 Å². The second-order valence-electron chi connectivity index (χ2n) is 16.5. The van der Waals surface area contributed by atoms with Crippen LogP contribution in [0, 0.1) is 17.8 Å². The Balaban J connectivity index is 3.05. The third-order valence-corrected chi connectivity index (χ3v) is 13.1. The molecule has 0 aromatic heterocycles. The van der Waals surface area contributed by atoms with Crippen molar-refractivity contribution in [3.8, 4) is 5.75 Å². The fourth-order valence-electron chi connectivity index (χ4n) is 4.87. The number of nitrogens with zero attached hydrogens (tertiary/aromatic N) is 1. The lowest BCUT2D eigenvalue weighted by atomic mass is 9.99. The normalized spacial score (nSPS) is 15.8. The number of esters is 2. The number of amides is 2. The summed E-state index contributed by atoms with van der Waals surface area (Å²) in [6.45, 7) is 27.4. The first-order valence-corrected chi connectivity index (χ1v) is 20.3. The maximum Gasteiger partial charge on any atom is 0.328 e. The Labute approximate surface area is 297 Å². The molecule has 11 heteroatoms. The van der Waals surface area contributed by atoms with Crippen molar-refractivity contribution in [1.29, 1.82) is 0 Å². The molecule has 10 nitrogen and oxygen atoms in total. The molecular formula is C38H65N3O7Si. The fraction of sp³-hybridized carbons (Fsp3) is 0.684. The van der Waals surface area contributed by atoms with Gasteiger partial charge in [-0.3, -0.25) is 14.4 Å². The standard InChI is InChI=1S/C38H65N3O7Si/c1-24(2)32(36(45)46-23-26(4)20-25(3)21-27(5)35(44)47-37(7,8)9)40-33(42)31(41(13)34(43)28(6)39)22-29-16-18-30(19-17-29)48-49(14,15)38(10,11)12/h16-20,24,26-28,31-32H,21-23,39H2,1-15H3,(H,40,42)/b25-20+/t26-,27-,28-,31+,32-/m0/s1. The van der Waals surface area contributed by atoms with E-state index in [0.717, 1.165) is 16.9 Å². The summed E-state index contributed by atoms with van der Waals surface area (Å²) in [6, 6.07) is 4.91. The predicted octanol–water partition coefficient (Wildman–Crippen LogP) is 6.42. The van der Waals surface area contributed by atoms with Crippen LogP contribution in [0.2, 0.25) is 18.1 Å². The quantitative estimate of drug-likeness (QED) is 0.114. The van der Waals surface area contributed by atoms with Crippen molar-refractivity contribution in [3.05, 3.63) is 41.5 Å². The number of allylic oxidation sites excluding steroid dienone is 1. The summed E-state index contributed by atoms with van der Waals surface area (Å²) in [4.78, 5) is 53.8. The Bertz CT molecular complexity index is 1290. The van der Waals surface area contributed by atoms with Crippen molar-refractivity contribution in [2.45, 2.75) is 138 Å². The van der Waals surface area contributed by atoms with E-state index in [0.29, 0.717) is 6.42 Å². The SMILES string of the molecule is C/C(=C\[C@H](C)COC(=O)[C@@H](NC(=O)[C@@H](Cc1ccc(O[Si](C)(C)C(C)(C)C)cc1)N(C)C(=O)[C@H](C)N)C(C)C)C[C@H](C)C(=O)OC(C)(C)C. The van der Waals surface area contributed by atoms with E-state index in [-0.39, 0.29) is 41.8 Å². The van der Waals surface area contributed by atoms with Crippen LogP contribution in [-0.2, 0) is 35.1 Å². The van der Waals surface area contributed by atoms with Crippen molar-refractivity contribution >= 4 is 32.1 Å². The molecule has 2 amide bonds. The number of hydrogen-bond acceptors (Lipinski definition) is 8.